The smallest absolute Gasteiger partial charge is 0.255 e. The first kappa shape index (κ1) is 14.3. The van der Waals surface area contributed by atoms with Crippen molar-refractivity contribution < 1.29 is 4.79 Å². The zero-order valence-electron chi connectivity index (χ0n) is 11.8. The van der Waals surface area contributed by atoms with E-state index in [0.717, 1.165) is 30.6 Å². The Morgan fingerprint density at radius 1 is 1.20 bits per heavy atom. The fraction of sp³-hybridized carbons (Fsp3) is 0.562. The number of carbonyl (C=O) groups excluding carboxylic acids is 1. The average molecular weight is 310 g/mol. The first-order chi connectivity index (χ1) is 9.70. The quantitative estimate of drug-likeness (QED) is 0.757. The molecule has 108 valence electrons. The third kappa shape index (κ3) is 2.84. The molecule has 3 rings (SSSR count). The van der Waals surface area contributed by atoms with E-state index in [4.69, 9.17) is 11.6 Å². The maximum absolute atomic E-state index is 12.9. The molecule has 0 atom stereocenters. The molecular weight excluding hydrogens is 290 g/mol. The minimum absolute atomic E-state index is 0.139. The monoisotopic (exact) mass is 309 g/mol. The van der Waals surface area contributed by atoms with E-state index >= 15 is 0 Å². The van der Waals surface area contributed by atoms with Gasteiger partial charge in [0.05, 0.1) is 10.6 Å². The molecule has 2 saturated carbocycles. The van der Waals surface area contributed by atoms with Crippen LogP contribution in [0.15, 0.2) is 23.1 Å². The fourth-order valence-corrected chi connectivity index (χ4v) is 3.74. The Kier molecular flexibility index (Phi) is 4.27. The van der Waals surface area contributed by atoms with Crippen molar-refractivity contribution in [3.63, 3.8) is 0 Å². The molecule has 2 fully saturated rings. The predicted molar refractivity (Wildman–Crippen MR) is 84.7 cm³/mol. The van der Waals surface area contributed by atoms with E-state index < -0.39 is 0 Å². The maximum Gasteiger partial charge on any atom is 0.255 e. The number of hydrogen-bond acceptors (Lipinski definition) is 2. The number of carbonyl (C=O) groups is 1. The molecule has 2 nitrogen and oxygen atoms in total. The molecule has 1 aromatic rings. The summed E-state index contributed by atoms with van der Waals surface area (Å²) in [6.45, 7) is 0. The number of thioether (sulfide) groups is 1. The third-order valence-electron chi connectivity index (χ3n) is 4.30. The summed E-state index contributed by atoms with van der Waals surface area (Å²) in [5, 5.41) is 0.580. The molecular formula is C16H20ClNOS. The van der Waals surface area contributed by atoms with E-state index in [-0.39, 0.29) is 5.91 Å². The van der Waals surface area contributed by atoms with Crippen LogP contribution in [-0.4, -0.2) is 29.1 Å². The molecule has 0 unspecified atom stereocenters. The van der Waals surface area contributed by atoms with Gasteiger partial charge in [-0.2, -0.15) is 0 Å². The molecule has 0 saturated heterocycles. The Labute approximate surface area is 129 Å². The Hall–Kier alpha value is -0.670. The van der Waals surface area contributed by atoms with Crippen molar-refractivity contribution in [1.29, 1.82) is 0 Å². The highest BCUT2D eigenvalue weighted by Gasteiger charge is 2.39. The molecule has 0 aliphatic heterocycles. The molecule has 0 aromatic heterocycles. The average Bonchev–Trinajstić information content (AvgIpc) is 3.14. The second-order valence-electron chi connectivity index (χ2n) is 5.73. The second-order valence-corrected chi connectivity index (χ2v) is 7.01. The van der Waals surface area contributed by atoms with Crippen molar-refractivity contribution >= 4 is 29.3 Å². The van der Waals surface area contributed by atoms with Crippen LogP contribution in [0.25, 0.3) is 0 Å². The predicted octanol–water partition coefficient (Wildman–Crippen LogP) is 4.61. The van der Waals surface area contributed by atoms with Crippen LogP contribution in [-0.2, 0) is 0 Å². The van der Waals surface area contributed by atoms with Crippen molar-refractivity contribution in [3.05, 3.63) is 28.8 Å². The second kappa shape index (κ2) is 5.98. The molecule has 20 heavy (non-hydrogen) atoms. The van der Waals surface area contributed by atoms with Crippen molar-refractivity contribution in [2.24, 2.45) is 0 Å². The summed E-state index contributed by atoms with van der Waals surface area (Å²) in [7, 11) is 0. The summed E-state index contributed by atoms with van der Waals surface area (Å²) >= 11 is 7.91. The molecule has 2 aliphatic rings. The van der Waals surface area contributed by atoms with Crippen molar-refractivity contribution in [2.75, 3.05) is 6.26 Å². The van der Waals surface area contributed by atoms with E-state index in [1.54, 1.807) is 11.8 Å². The molecule has 0 bridgehead atoms. The van der Waals surface area contributed by atoms with Crippen LogP contribution in [0.4, 0.5) is 0 Å². The SMILES string of the molecule is CSc1ccc(Cl)c(C(=O)N(C2CCCC2)C2CC2)c1. The van der Waals surface area contributed by atoms with E-state index in [9.17, 15) is 4.79 Å². The molecule has 0 heterocycles. The normalized spacial score (nSPS) is 19.3. The molecule has 1 amide bonds. The first-order valence-corrected chi connectivity index (χ1v) is 8.97. The van der Waals surface area contributed by atoms with E-state index in [1.807, 2.05) is 24.5 Å². The molecule has 4 heteroatoms. The van der Waals surface area contributed by atoms with Crippen molar-refractivity contribution in [3.8, 4) is 0 Å². The largest absolute Gasteiger partial charge is 0.333 e. The van der Waals surface area contributed by atoms with Crippen LogP contribution >= 0.6 is 23.4 Å². The molecule has 0 spiro atoms. The molecule has 0 radical (unpaired) electrons. The first-order valence-electron chi connectivity index (χ1n) is 7.37. The lowest BCUT2D eigenvalue weighted by Crippen LogP contribution is -2.40. The van der Waals surface area contributed by atoms with Gasteiger partial charge in [-0.25, -0.2) is 0 Å². The fourth-order valence-electron chi connectivity index (χ4n) is 3.10. The number of amides is 1. The summed E-state index contributed by atoms with van der Waals surface area (Å²) in [6, 6.07) is 6.66. The Morgan fingerprint density at radius 2 is 1.85 bits per heavy atom. The van der Waals surface area contributed by atoms with Gasteiger partial charge in [0.25, 0.3) is 5.91 Å². The van der Waals surface area contributed by atoms with E-state index in [1.165, 1.54) is 12.8 Å². The van der Waals surface area contributed by atoms with Gasteiger partial charge in [-0.15, -0.1) is 11.8 Å². The summed E-state index contributed by atoms with van der Waals surface area (Å²) < 4.78 is 0. The van der Waals surface area contributed by atoms with E-state index in [0.29, 0.717) is 22.7 Å². The highest BCUT2D eigenvalue weighted by molar-refractivity contribution is 7.98. The van der Waals surface area contributed by atoms with Gasteiger partial charge in [0.2, 0.25) is 0 Å². The van der Waals surface area contributed by atoms with E-state index in [2.05, 4.69) is 4.90 Å². The lowest BCUT2D eigenvalue weighted by atomic mass is 10.1. The summed E-state index contributed by atoms with van der Waals surface area (Å²) in [5.74, 6) is 0.139. The Bertz CT molecular complexity index is 509. The van der Waals surface area contributed by atoms with Gasteiger partial charge in [-0.05, 0) is 50.1 Å². The number of benzene rings is 1. The minimum atomic E-state index is 0.139. The summed E-state index contributed by atoms with van der Waals surface area (Å²) in [4.78, 5) is 16.2. The van der Waals surface area contributed by atoms with Crippen molar-refractivity contribution in [2.45, 2.75) is 55.5 Å². The third-order valence-corrected chi connectivity index (χ3v) is 5.35. The van der Waals surface area contributed by atoms with Gasteiger partial charge in [0.1, 0.15) is 0 Å². The van der Waals surface area contributed by atoms with Gasteiger partial charge in [0, 0.05) is 17.0 Å². The van der Waals surface area contributed by atoms with Crippen LogP contribution in [0.5, 0.6) is 0 Å². The summed E-state index contributed by atoms with van der Waals surface area (Å²) in [6.07, 6.45) is 9.14. The topological polar surface area (TPSA) is 20.3 Å². The number of nitrogens with zero attached hydrogens (tertiary/aromatic N) is 1. The Morgan fingerprint density at radius 3 is 2.45 bits per heavy atom. The highest BCUT2D eigenvalue weighted by Crippen LogP contribution is 2.36. The van der Waals surface area contributed by atoms with Crippen LogP contribution < -0.4 is 0 Å². The molecule has 2 aliphatic carbocycles. The number of halogens is 1. The van der Waals surface area contributed by atoms with Crippen LogP contribution in [0.2, 0.25) is 5.02 Å². The number of hydrogen-bond donors (Lipinski definition) is 0. The van der Waals surface area contributed by atoms with Gasteiger partial charge in [0.15, 0.2) is 0 Å². The minimum Gasteiger partial charge on any atom is -0.333 e. The van der Waals surface area contributed by atoms with Gasteiger partial charge in [-0.1, -0.05) is 24.4 Å². The lowest BCUT2D eigenvalue weighted by Gasteiger charge is -2.29. The van der Waals surface area contributed by atoms with Gasteiger partial charge < -0.3 is 4.90 Å². The van der Waals surface area contributed by atoms with Gasteiger partial charge >= 0.3 is 0 Å². The zero-order valence-corrected chi connectivity index (χ0v) is 13.3. The zero-order chi connectivity index (χ0) is 14.1. The van der Waals surface area contributed by atoms with Crippen LogP contribution in [0.3, 0.4) is 0 Å². The molecule has 1 aromatic carbocycles. The Balaban J connectivity index is 1.88. The van der Waals surface area contributed by atoms with Gasteiger partial charge in [-0.3, -0.25) is 4.79 Å². The van der Waals surface area contributed by atoms with Crippen LogP contribution in [0, 0.1) is 0 Å². The highest BCUT2D eigenvalue weighted by atomic mass is 35.5. The summed E-state index contributed by atoms with van der Waals surface area (Å²) in [5.41, 5.74) is 0.678. The molecule has 0 N–H and O–H groups in total. The number of rotatable bonds is 4. The standard InChI is InChI=1S/C16H20ClNOS/c1-20-13-8-9-15(17)14(10-13)16(19)18(12-6-7-12)11-4-2-3-5-11/h8-12H,2-7H2,1H3. The van der Waals surface area contributed by atoms with Crippen molar-refractivity contribution in [1.82, 2.24) is 4.90 Å². The maximum atomic E-state index is 12.9. The lowest BCUT2D eigenvalue weighted by molar-refractivity contribution is 0.0664. The van der Waals surface area contributed by atoms with Crippen LogP contribution in [0.1, 0.15) is 48.9 Å².